The zero-order valence-corrected chi connectivity index (χ0v) is 22.3. The Morgan fingerprint density at radius 3 is 2.29 bits per heavy atom. The van der Waals surface area contributed by atoms with Gasteiger partial charge >= 0.3 is 0 Å². The van der Waals surface area contributed by atoms with Crippen LogP contribution in [0.15, 0.2) is 60.8 Å². The summed E-state index contributed by atoms with van der Waals surface area (Å²) >= 11 is 0. The van der Waals surface area contributed by atoms with E-state index in [1.165, 1.54) is 0 Å². The number of amides is 3. The summed E-state index contributed by atoms with van der Waals surface area (Å²) in [4.78, 5) is 43.8. The molecule has 202 valence electrons. The Morgan fingerprint density at radius 1 is 0.947 bits per heavy atom. The average Bonchev–Trinajstić information content (AvgIpc) is 2.90. The molecule has 0 aliphatic heterocycles. The lowest BCUT2D eigenvalue weighted by Crippen LogP contribution is -2.45. The molecule has 0 saturated carbocycles. The molecule has 0 spiro atoms. The molecule has 0 fully saturated rings. The quantitative estimate of drug-likeness (QED) is 0.226. The number of para-hydroxylation sites is 1. The predicted molar refractivity (Wildman–Crippen MR) is 144 cm³/mol. The van der Waals surface area contributed by atoms with Crippen molar-refractivity contribution in [3.8, 4) is 0 Å². The number of hydrogen-bond acceptors (Lipinski definition) is 6. The van der Waals surface area contributed by atoms with Gasteiger partial charge < -0.3 is 15.3 Å². The van der Waals surface area contributed by atoms with Crippen LogP contribution in [0.4, 0.5) is 0 Å². The van der Waals surface area contributed by atoms with Gasteiger partial charge in [-0.3, -0.25) is 24.6 Å². The molecule has 3 rings (SSSR count). The van der Waals surface area contributed by atoms with E-state index in [0.29, 0.717) is 23.2 Å². The van der Waals surface area contributed by atoms with Crippen molar-refractivity contribution in [2.24, 2.45) is 10.8 Å². The molecule has 0 saturated heterocycles. The van der Waals surface area contributed by atoms with Gasteiger partial charge in [-0.15, -0.1) is 0 Å². The number of fused-ring (bicyclic) bond motifs is 1. The van der Waals surface area contributed by atoms with Crippen molar-refractivity contribution in [1.82, 2.24) is 20.7 Å². The largest absolute Gasteiger partial charge is 0.395 e. The van der Waals surface area contributed by atoms with E-state index in [0.717, 1.165) is 10.9 Å². The Hall–Kier alpha value is -3.82. The van der Waals surface area contributed by atoms with E-state index in [9.17, 15) is 19.5 Å². The number of aliphatic hydroxyl groups excluding tert-OH is 1. The second-order valence-electron chi connectivity index (χ2n) is 10.7. The third-order valence-electron chi connectivity index (χ3n) is 7.36. The highest BCUT2D eigenvalue weighted by atomic mass is 16.5. The van der Waals surface area contributed by atoms with Crippen LogP contribution in [0.25, 0.3) is 10.9 Å². The molecular weight excluding hydrogens is 484 g/mol. The van der Waals surface area contributed by atoms with E-state index in [2.05, 4.69) is 10.3 Å². The van der Waals surface area contributed by atoms with Crippen molar-refractivity contribution in [1.29, 1.82) is 0 Å². The lowest BCUT2D eigenvalue weighted by molar-refractivity contribution is -0.133. The third-order valence-corrected chi connectivity index (χ3v) is 7.36. The zero-order valence-electron chi connectivity index (χ0n) is 22.3. The molecule has 0 radical (unpaired) electrons. The van der Waals surface area contributed by atoms with E-state index in [4.69, 9.17) is 5.21 Å². The molecule has 3 aromatic rings. The normalized spacial score (nSPS) is 11.7. The van der Waals surface area contributed by atoms with Gasteiger partial charge in [0.15, 0.2) is 0 Å². The fourth-order valence-corrected chi connectivity index (χ4v) is 4.12. The Morgan fingerprint density at radius 2 is 1.63 bits per heavy atom. The van der Waals surface area contributed by atoms with Crippen LogP contribution in [-0.4, -0.2) is 57.6 Å². The maximum Gasteiger partial charge on any atom is 0.256 e. The van der Waals surface area contributed by atoms with Gasteiger partial charge in [0.25, 0.3) is 11.8 Å². The SMILES string of the molecule is CC(C)(CNC(=O)c1ccc(CN(CCO)C(=O)c2cccc3cccnc23)cc1)C(C)(C)CC(=O)NO. The summed E-state index contributed by atoms with van der Waals surface area (Å²) in [6, 6.07) is 16.1. The number of carbonyl (C=O) groups is 3. The van der Waals surface area contributed by atoms with E-state index in [1.807, 2.05) is 52.0 Å². The number of aliphatic hydroxyl groups is 1. The van der Waals surface area contributed by atoms with Gasteiger partial charge in [-0.25, -0.2) is 5.48 Å². The van der Waals surface area contributed by atoms with Gasteiger partial charge in [0.2, 0.25) is 5.91 Å². The molecule has 2 aromatic carbocycles. The highest BCUT2D eigenvalue weighted by Gasteiger charge is 2.38. The Kier molecular flexibility index (Phi) is 9.19. The number of pyridine rings is 1. The fourth-order valence-electron chi connectivity index (χ4n) is 4.12. The number of rotatable bonds is 11. The zero-order chi connectivity index (χ0) is 27.9. The van der Waals surface area contributed by atoms with Crippen molar-refractivity contribution >= 4 is 28.6 Å². The van der Waals surface area contributed by atoms with Crippen LogP contribution < -0.4 is 10.8 Å². The minimum atomic E-state index is -0.487. The minimum absolute atomic E-state index is 0.110. The lowest BCUT2D eigenvalue weighted by atomic mass is 9.66. The Balaban J connectivity index is 1.68. The first kappa shape index (κ1) is 28.7. The number of nitrogens with zero attached hydrogens (tertiary/aromatic N) is 2. The summed E-state index contributed by atoms with van der Waals surface area (Å²) in [5.41, 5.74) is 3.10. The smallest absolute Gasteiger partial charge is 0.256 e. The van der Waals surface area contributed by atoms with Gasteiger partial charge in [0, 0.05) is 43.2 Å². The summed E-state index contributed by atoms with van der Waals surface area (Å²) in [7, 11) is 0. The van der Waals surface area contributed by atoms with Crippen LogP contribution in [-0.2, 0) is 11.3 Å². The average molecular weight is 521 g/mol. The molecule has 4 N–H and O–H groups in total. The van der Waals surface area contributed by atoms with Gasteiger partial charge in [-0.05, 0) is 40.7 Å². The predicted octanol–water partition coefficient (Wildman–Crippen LogP) is 3.55. The minimum Gasteiger partial charge on any atom is -0.395 e. The maximum atomic E-state index is 13.3. The molecule has 1 heterocycles. The molecule has 0 aliphatic rings. The molecule has 38 heavy (non-hydrogen) atoms. The number of aromatic nitrogens is 1. The Labute approximate surface area is 222 Å². The molecule has 0 atom stereocenters. The van der Waals surface area contributed by atoms with Crippen molar-refractivity contribution in [3.05, 3.63) is 77.5 Å². The number of nitrogens with one attached hydrogen (secondary N) is 2. The summed E-state index contributed by atoms with van der Waals surface area (Å²) in [5, 5.41) is 22.2. The molecule has 0 bridgehead atoms. The molecule has 9 nitrogen and oxygen atoms in total. The highest BCUT2D eigenvalue weighted by Crippen LogP contribution is 2.40. The lowest BCUT2D eigenvalue weighted by Gasteiger charge is -2.41. The fraction of sp³-hybridized carbons (Fsp3) is 0.379. The number of hydrogen-bond donors (Lipinski definition) is 4. The first-order chi connectivity index (χ1) is 18.0. The topological polar surface area (TPSA) is 132 Å². The first-order valence-corrected chi connectivity index (χ1v) is 12.5. The number of carbonyl (C=O) groups excluding carboxylic acids is 3. The second-order valence-corrected chi connectivity index (χ2v) is 10.7. The highest BCUT2D eigenvalue weighted by molar-refractivity contribution is 6.05. The van der Waals surface area contributed by atoms with Gasteiger partial charge in [-0.1, -0.05) is 58.0 Å². The first-order valence-electron chi connectivity index (χ1n) is 12.5. The van der Waals surface area contributed by atoms with Crippen LogP contribution >= 0.6 is 0 Å². The molecular formula is C29H36N4O5. The number of benzene rings is 2. The van der Waals surface area contributed by atoms with Gasteiger partial charge in [0.05, 0.1) is 17.7 Å². The van der Waals surface area contributed by atoms with E-state index in [-0.39, 0.29) is 37.9 Å². The second kappa shape index (κ2) is 12.1. The van der Waals surface area contributed by atoms with Crippen molar-refractivity contribution in [2.45, 2.75) is 40.7 Å². The van der Waals surface area contributed by atoms with Crippen LogP contribution in [0.3, 0.4) is 0 Å². The summed E-state index contributed by atoms with van der Waals surface area (Å²) < 4.78 is 0. The van der Waals surface area contributed by atoms with E-state index in [1.54, 1.807) is 46.9 Å². The van der Waals surface area contributed by atoms with Crippen molar-refractivity contribution in [2.75, 3.05) is 19.7 Å². The van der Waals surface area contributed by atoms with Crippen molar-refractivity contribution < 1.29 is 24.7 Å². The standard InChI is InChI=1S/C29H36N4O5/c1-28(2,17-24(35)32-38)29(3,4)19-31-26(36)22-12-10-20(11-13-22)18-33(15-16-34)27(37)23-9-5-7-21-8-6-14-30-25(21)23/h5-14,34,38H,15-19H2,1-4H3,(H,31,36)(H,32,35). The monoisotopic (exact) mass is 520 g/mol. The summed E-state index contributed by atoms with van der Waals surface area (Å²) in [5.74, 6) is -0.961. The van der Waals surface area contributed by atoms with Crippen LogP contribution in [0, 0.1) is 10.8 Å². The maximum absolute atomic E-state index is 13.3. The molecule has 3 amide bonds. The van der Waals surface area contributed by atoms with E-state index < -0.39 is 16.7 Å². The van der Waals surface area contributed by atoms with Gasteiger partial charge in [-0.2, -0.15) is 0 Å². The number of hydroxylamine groups is 1. The molecule has 1 aromatic heterocycles. The Bertz CT molecular complexity index is 1280. The van der Waals surface area contributed by atoms with Crippen LogP contribution in [0.5, 0.6) is 0 Å². The third kappa shape index (κ3) is 6.73. The summed E-state index contributed by atoms with van der Waals surface area (Å²) in [6.45, 7) is 8.31. The molecule has 0 aliphatic carbocycles. The van der Waals surface area contributed by atoms with Crippen molar-refractivity contribution in [3.63, 3.8) is 0 Å². The molecule has 0 unspecified atom stereocenters. The summed E-state index contributed by atoms with van der Waals surface area (Å²) in [6.07, 6.45) is 1.76. The molecule has 9 heteroatoms. The van der Waals surface area contributed by atoms with E-state index >= 15 is 0 Å². The van der Waals surface area contributed by atoms with Gasteiger partial charge in [0.1, 0.15) is 0 Å². The van der Waals surface area contributed by atoms with Crippen LogP contribution in [0.2, 0.25) is 0 Å². The van der Waals surface area contributed by atoms with Crippen LogP contribution in [0.1, 0.15) is 60.4 Å².